The third-order valence-corrected chi connectivity index (χ3v) is 2.80. The molecule has 94 valence electrons. The molecule has 0 heterocycles. The standard InChI is InChI=1S/C14H12F3N/c1-8-2-4-9(5-3-8)14(18)10-6-11(15)13(17)12(16)7-10/h2-7,14H,18H2,1H3. The van der Waals surface area contributed by atoms with Crippen LogP contribution in [0.15, 0.2) is 36.4 Å². The highest BCUT2D eigenvalue weighted by molar-refractivity contribution is 5.33. The minimum absolute atomic E-state index is 0.204. The molecule has 2 rings (SSSR count). The number of halogens is 3. The summed E-state index contributed by atoms with van der Waals surface area (Å²) in [6.45, 7) is 1.92. The van der Waals surface area contributed by atoms with Crippen molar-refractivity contribution in [3.05, 3.63) is 70.5 Å². The zero-order valence-corrected chi connectivity index (χ0v) is 9.75. The largest absolute Gasteiger partial charge is 0.320 e. The molecule has 2 aromatic carbocycles. The van der Waals surface area contributed by atoms with Gasteiger partial charge in [-0.1, -0.05) is 29.8 Å². The van der Waals surface area contributed by atoms with Gasteiger partial charge in [-0.25, -0.2) is 13.2 Å². The molecule has 2 N–H and O–H groups in total. The Bertz CT molecular complexity index is 541. The molecule has 0 amide bonds. The maximum absolute atomic E-state index is 13.1. The molecule has 0 spiro atoms. The number of aryl methyl sites for hydroxylation is 1. The lowest BCUT2D eigenvalue weighted by Gasteiger charge is -2.13. The van der Waals surface area contributed by atoms with Crippen LogP contribution in [0.4, 0.5) is 13.2 Å². The predicted octanol–water partition coefficient (Wildman–Crippen LogP) is 3.46. The van der Waals surface area contributed by atoms with Gasteiger partial charge in [0.2, 0.25) is 0 Å². The first-order chi connectivity index (χ1) is 8.49. The van der Waals surface area contributed by atoms with Gasteiger partial charge >= 0.3 is 0 Å². The summed E-state index contributed by atoms with van der Waals surface area (Å²) in [6, 6.07) is 8.41. The molecule has 0 bridgehead atoms. The zero-order chi connectivity index (χ0) is 13.3. The average Bonchev–Trinajstić information content (AvgIpc) is 2.35. The molecule has 2 aromatic rings. The second kappa shape index (κ2) is 4.82. The topological polar surface area (TPSA) is 26.0 Å². The van der Waals surface area contributed by atoms with E-state index in [1.807, 2.05) is 19.1 Å². The number of hydrogen-bond acceptors (Lipinski definition) is 1. The zero-order valence-electron chi connectivity index (χ0n) is 9.75. The van der Waals surface area contributed by atoms with Crippen LogP contribution in [0.1, 0.15) is 22.7 Å². The van der Waals surface area contributed by atoms with Crippen molar-refractivity contribution in [1.29, 1.82) is 0 Å². The lowest BCUT2D eigenvalue weighted by Crippen LogP contribution is -2.13. The predicted molar refractivity (Wildman–Crippen MR) is 63.5 cm³/mol. The Morgan fingerprint density at radius 1 is 0.889 bits per heavy atom. The number of rotatable bonds is 2. The molecule has 0 aliphatic carbocycles. The molecule has 0 saturated carbocycles. The third kappa shape index (κ3) is 2.38. The van der Waals surface area contributed by atoms with E-state index in [0.717, 1.165) is 17.7 Å². The smallest absolute Gasteiger partial charge is 0.194 e. The van der Waals surface area contributed by atoms with Crippen molar-refractivity contribution < 1.29 is 13.2 Å². The summed E-state index contributed by atoms with van der Waals surface area (Å²) >= 11 is 0. The molecule has 0 aliphatic rings. The van der Waals surface area contributed by atoms with Gasteiger partial charge in [0, 0.05) is 0 Å². The van der Waals surface area contributed by atoms with Crippen LogP contribution >= 0.6 is 0 Å². The molecule has 0 fully saturated rings. The van der Waals surface area contributed by atoms with E-state index in [1.165, 1.54) is 0 Å². The van der Waals surface area contributed by atoms with Gasteiger partial charge in [0.25, 0.3) is 0 Å². The van der Waals surface area contributed by atoms with Crippen LogP contribution in [0, 0.1) is 24.4 Å². The molecular weight excluding hydrogens is 239 g/mol. The Kier molecular flexibility index (Phi) is 3.39. The molecule has 18 heavy (non-hydrogen) atoms. The molecule has 0 aliphatic heterocycles. The maximum Gasteiger partial charge on any atom is 0.194 e. The van der Waals surface area contributed by atoms with Gasteiger partial charge in [-0.05, 0) is 30.2 Å². The third-order valence-electron chi connectivity index (χ3n) is 2.80. The van der Waals surface area contributed by atoms with Gasteiger partial charge in [0.1, 0.15) is 0 Å². The molecule has 0 radical (unpaired) electrons. The van der Waals surface area contributed by atoms with Gasteiger partial charge in [-0.2, -0.15) is 0 Å². The van der Waals surface area contributed by atoms with Crippen molar-refractivity contribution in [1.82, 2.24) is 0 Å². The van der Waals surface area contributed by atoms with Gasteiger partial charge < -0.3 is 5.73 Å². The summed E-state index contributed by atoms with van der Waals surface area (Å²) in [6.07, 6.45) is 0. The number of nitrogens with two attached hydrogens (primary N) is 1. The van der Waals surface area contributed by atoms with E-state index in [9.17, 15) is 13.2 Å². The van der Waals surface area contributed by atoms with Crippen LogP contribution in [0.3, 0.4) is 0 Å². The molecule has 4 heteroatoms. The molecule has 1 nitrogen and oxygen atoms in total. The second-order valence-corrected chi connectivity index (χ2v) is 4.19. The Hall–Kier alpha value is -1.81. The SMILES string of the molecule is Cc1ccc(C(N)c2cc(F)c(F)c(F)c2)cc1. The van der Waals surface area contributed by atoms with Crippen LogP contribution in [-0.2, 0) is 0 Å². The Labute approximate surface area is 103 Å². The summed E-state index contributed by atoms with van der Waals surface area (Å²) in [5, 5.41) is 0. The average molecular weight is 251 g/mol. The van der Waals surface area contributed by atoms with Crippen molar-refractivity contribution in [3.63, 3.8) is 0 Å². The van der Waals surface area contributed by atoms with Crippen LogP contribution in [0.25, 0.3) is 0 Å². The monoisotopic (exact) mass is 251 g/mol. The molecule has 0 aromatic heterocycles. The van der Waals surface area contributed by atoms with Crippen molar-refractivity contribution in [2.24, 2.45) is 5.73 Å². The van der Waals surface area contributed by atoms with E-state index in [-0.39, 0.29) is 5.56 Å². The fourth-order valence-corrected chi connectivity index (χ4v) is 1.72. The molecule has 0 saturated heterocycles. The van der Waals surface area contributed by atoms with E-state index in [4.69, 9.17) is 5.73 Å². The summed E-state index contributed by atoms with van der Waals surface area (Å²) in [7, 11) is 0. The summed E-state index contributed by atoms with van der Waals surface area (Å²) in [4.78, 5) is 0. The van der Waals surface area contributed by atoms with Crippen molar-refractivity contribution in [3.8, 4) is 0 Å². The first-order valence-electron chi connectivity index (χ1n) is 5.45. The number of benzene rings is 2. The molecule has 1 atom stereocenters. The van der Waals surface area contributed by atoms with Gasteiger partial charge in [-0.15, -0.1) is 0 Å². The highest BCUT2D eigenvalue weighted by Crippen LogP contribution is 2.23. The number of hydrogen-bond donors (Lipinski definition) is 1. The lowest BCUT2D eigenvalue weighted by atomic mass is 9.98. The molecule has 1 unspecified atom stereocenters. The van der Waals surface area contributed by atoms with Crippen molar-refractivity contribution in [2.45, 2.75) is 13.0 Å². The summed E-state index contributed by atoms with van der Waals surface area (Å²) < 4.78 is 39.1. The van der Waals surface area contributed by atoms with E-state index < -0.39 is 23.5 Å². The lowest BCUT2D eigenvalue weighted by molar-refractivity contribution is 0.444. The fourth-order valence-electron chi connectivity index (χ4n) is 1.72. The van der Waals surface area contributed by atoms with Crippen LogP contribution in [-0.4, -0.2) is 0 Å². The van der Waals surface area contributed by atoms with E-state index in [0.29, 0.717) is 5.56 Å². The summed E-state index contributed by atoms with van der Waals surface area (Å²) in [5.74, 6) is -3.94. The quantitative estimate of drug-likeness (QED) is 0.813. The van der Waals surface area contributed by atoms with Crippen molar-refractivity contribution in [2.75, 3.05) is 0 Å². The summed E-state index contributed by atoms with van der Waals surface area (Å²) in [5.41, 5.74) is 7.87. The van der Waals surface area contributed by atoms with Crippen LogP contribution < -0.4 is 5.73 Å². The normalized spacial score (nSPS) is 12.5. The highest BCUT2D eigenvalue weighted by atomic mass is 19.2. The van der Waals surface area contributed by atoms with Crippen molar-refractivity contribution >= 4 is 0 Å². The minimum atomic E-state index is -1.48. The minimum Gasteiger partial charge on any atom is -0.320 e. The highest BCUT2D eigenvalue weighted by Gasteiger charge is 2.15. The first-order valence-corrected chi connectivity index (χ1v) is 5.45. The van der Waals surface area contributed by atoms with Crippen LogP contribution in [0.2, 0.25) is 0 Å². The van der Waals surface area contributed by atoms with Gasteiger partial charge in [0.15, 0.2) is 17.5 Å². The van der Waals surface area contributed by atoms with Gasteiger partial charge in [-0.3, -0.25) is 0 Å². The first kappa shape index (κ1) is 12.6. The van der Waals surface area contributed by atoms with E-state index >= 15 is 0 Å². The van der Waals surface area contributed by atoms with E-state index in [1.54, 1.807) is 12.1 Å². The maximum atomic E-state index is 13.1. The Morgan fingerprint density at radius 2 is 1.39 bits per heavy atom. The fraction of sp³-hybridized carbons (Fsp3) is 0.143. The second-order valence-electron chi connectivity index (χ2n) is 4.19. The Balaban J connectivity index is 2.39. The van der Waals surface area contributed by atoms with E-state index in [2.05, 4.69) is 0 Å². The van der Waals surface area contributed by atoms with Gasteiger partial charge in [0.05, 0.1) is 6.04 Å². The van der Waals surface area contributed by atoms with Crippen LogP contribution in [0.5, 0.6) is 0 Å². The molecular formula is C14H12F3N. The Morgan fingerprint density at radius 3 is 1.89 bits per heavy atom.